The Balaban J connectivity index is 1.98. The number of para-hydroxylation sites is 1. The summed E-state index contributed by atoms with van der Waals surface area (Å²) in [6.07, 6.45) is 1.38. The standard InChI is InChI=1S/C20H16N4O3S2/c21-16(25)11-17-24-19-13(7-4-8-14(19)28-17)18-15(9-10-23-20(18)22)29(26,27)12-5-2-1-3-6-12/h1-10H,11H2,(H2,21,25)(H2,22,23). The van der Waals surface area contributed by atoms with Crippen LogP contribution in [0.5, 0.6) is 0 Å². The van der Waals surface area contributed by atoms with Crippen molar-refractivity contribution in [3.63, 3.8) is 0 Å². The molecule has 4 N–H and O–H groups in total. The van der Waals surface area contributed by atoms with E-state index in [4.69, 9.17) is 11.5 Å². The first-order chi connectivity index (χ1) is 13.9. The summed E-state index contributed by atoms with van der Waals surface area (Å²) < 4.78 is 27.4. The Morgan fingerprint density at radius 2 is 1.79 bits per heavy atom. The van der Waals surface area contributed by atoms with Crippen molar-refractivity contribution < 1.29 is 13.2 Å². The fraction of sp³-hybridized carbons (Fsp3) is 0.0500. The zero-order valence-corrected chi connectivity index (χ0v) is 16.7. The molecule has 1 amide bonds. The average molecular weight is 425 g/mol. The quantitative estimate of drug-likeness (QED) is 0.507. The molecule has 29 heavy (non-hydrogen) atoms. The maximum Gasteiger partial charge on any atom is 0.224 e. The van der Waals surface area contributed by atoms with Gasteiger partial charge in [-0.1, -0.05) is 30.3 Å². The number of nitrogen functional groups attached to an aromatic ring is 1. The van der Waals surface area contributed by atoms with Gasteiger partial charge in [-0.15, -0.1) is 11.3 Å². The number of pyridine rings is 1. The van der Waals surface area contributed by atoms with E-state index in [2.05, 4.69) is 9.97 Å². The topological polar surface area (TPSA) is 129 Å². The van der Waals surface area contributed by atoms with E-state index >= 15 is 0 Å². The van der Waals surface area contributed by atoms with Crippen molar-refractivity contribution in [2.75, 3.05) is 5.73 Å². The highest BCUT2D eigenvalue weighted by atomic mass is 32.2. The highest BCUT2D eigenvalue weighted by Crippen LogP contribution is 2.39. The van der Waals surface area contributed by atoms with Gasteiger partial charge in [-0.2, -0.15) is 0 Å². The number of nitrogens with zero attached hydrogens (tertiary/aromatic N) is 2. The molecule has 0 unspecified atom stereocenters. The van der Waals surface area contributed by atoms with Gasteiger partial charge in [0, 0.05) is 17.3 Å². The van der Waals surface area contributed by atoms with Gasteiger partial charge in [0.05, 0.1) is 26.4 Å². The molecule has 0 aliphatic heterocycles. The molecule has 9 heteroatoms. The van der Waals surface area contributed by atoms with Gasteiger partial charge >= 0.3 is 0 Å². The van der Waals surface area contributed by atoms with Crippen LogP contribution in [0.25, 0.3) is 21.3 Å². The van der Waals surface area contributed by atoms with E-state index in [1.165, 1.54) is 35.7 Å². The van der Waals surface area contributed by atoms with Crippen LogP contribution in [-0.4, -0.2) is 24.3 Å². The van der Waals surface area contributed by atoms with Gasteiger partial charge in [0.2, 0.25) is 15.7 Å². The van der Waals surface area contributed by atoms with Crippen LogP contribution in [0.2, 0.25) is 0 Å². The molecular weight excluding hydrogens is 408 g/mol. The number of nitrogens with two attached hydrogens (primary N) is 2. The van der Waals surface area contributed by atoms with E-state index in [-0.39, 0.29) is 27.6 Å². The molecule has 0 aliphatic carbocycles. The zero-order chi connectivity index (χ0) is 20.6. The molecule has 0 bridgehead atoms. The molecular formula is C20H16N4O3S2. The summed E-state index contributed by atoms with van der Waals surface area (Å²) in [5, 5.41) is 0.551. The molecule has 146 valence electrons. The van der Waals surface area contributed by atoms with Crippen LogP contribution in [0.15, 0.2) is 70.6 Å². The average Bonchev–Trinajstić information content (AvgIpc) is 3.10. The van der Waals surface area contributed by atoms with Crippen molar-refractivity contribution in [2.45, 2.75) is 16.2 Å². The lowest BCUT2D eigenvalue weighted by molar-refractivity contribution is -0.117. The Kier molecular flexibility index (Phi) is 4.77. The molecule has 2 aromatic carbocycles. The van der Waals surface area contributed by atoms with Crippen LogP contribution in [0.4, 0.5) is 5.82 Å². The molecule has 2 aromatic heterocycles. The van der Waals surface area contributed by atoms with E-state index < -0.39 is 15.7 Å². The molecule has 4 aromatic rings. The fourth-order valence-corrected chi connectivity index (χ4v) is 5.60. The third-order valence-electron chi connectivity index (χ3n) is 4.34. The second-order valence-electron chi connectivity index (χ2n) is 6.29. The third kappa shape index (κ3) is 3.45. The van der Waals surface area contributed by atoms with Crippen LogP contribution in [0, 0.1) is 0 Å². The van der Waals surface area contributed by atoms with Gasteiger partial charge in [0.25, 0.3) is 0 Å². The van der Waals surface area contributed by atoms with Crippen LogP contribution < -0.4 is 11.5 Å². The fourth-order valence-electron chi connectivity index (χ4n) is 3.10. The zero-order valence-electron chi connectivity index (χ0n) is 15.1. The normalized spacial score (nSPS) is 11.6. The van der Waals surface area contributed by atoms with Crippen LogP contribution in [-0.2, 0) is 21.1 Å². The number of hydrogen-bond donors (Lipinski definition) is 2. The highest BCUT2D eigenvalue weighted by Gasteiger charge is 2.25. The van der Waals surface area contributed by atoms with E-state index in [0.717, 1.165) is 4.70 Å². The van der Waals surface area contributed by atoms with Crippen LogP contribution in [0.3, 0.4) is 0 Å². The van der Waals surface area contributed by atoms with Gasteiger partial charge < -0.3 is 11.5 Å². The minimum Gasteiger partial charge on any atom is -0.383 e. The summed E-state index contributed by atoms with van der Waals surface area (Å²) in [6.45, 7) is 0. The molecule has 0 radical (unpaired) electrons. The monoisotopic (exact) mass is 424 g/mol. The summed E-state index contributed by atoms with van der Waals surface area (Å²) in [6, 6.07) is 14.9. The summed E-state index contributed by atoms with van der Waals surface area (Å²) in [4.78, 5) is 20.1. The Bertz CT molecular complexity index is 1330. The number of sulfone groups is 1. The van der Waals surface area contributed by atoms with E-state index in [9.17, 15) is 13.2 Å². The number of hydrogen-bond acceptors (Lipinski definition) is 7. The van der Waals surface area contributed by atoms with Crippen LogP contribution >= 0.6 is 11.3 Å². The number of carbonyl (C=O) groups excluding carboxylic acids is 1. The van der Waals surface area contributed by atoms with E-state index in [1.54, 1.807) is 30.3 Å². The molecule has 0 saturated carbocycles. The number of fused-ring (bicyclic) bond motifs is 1. The SMILES string of the molecule is NC(=O)Cc1nc2c(-c3c(S(=O)(=O)c4ccccc4)ccnc3N)cccc2s1. The first-order valence-electron chi connectivity index (χ1n) is 8.59. The van der Waals surface area contributed by atoms with E-state index in [0.29, 0.717) is 16.1 Å². The van der Waals surface area contributed by atoms with Gasteiger partial charge in [0.15, 0.2) is 0 Å². The van der Waals surface area contributed by atoms with E-state index in [1.807, 2.05) is 6.07 Å². The number of benzene rings is 2. The number of rotatable bonds is 5. The molecule has 0 aliphatic rings. The lowest BCUT2D eigenvalue weighted by Crippen LogP contribution is -2.13. The Morgan fingerprint density at radius 1 is 1.03 bits per heavy atom. The number of primary amides is 1. The maximum atomic E-state index is 13.3. The number of carbonyl (C=O) groups is 1. The largest absolute Gasteiger partial charge is 0.383 e. The smallest absolute Gasteiger partial charge is 0.224 e. The van der Waals surface area contributed by atoms with Crippen molar-refractivity contribution >= 4 is 43.1 Å². The first-order valence-corrected chi connectivity index (χ1v) is 10.9. The van der Waals surface area contributed by atoms with Crippen LogP contribution in [0.1, 0.15) is 5.01 Å². The lowest BCUT2D eigenvalue weighted by Gasteiger charge is -2.13. The Hall–Kier alpha value is -3.30. The van der Waals surface area contributed by atoms with Gasteiger partial charge in [-0.25, -0.2) is 18.4 Å². The molecule has 0 atom stereocenters. The number of anilines is 1. The second kappa shape index (κ2) is 7.26. The molecule has 4 rings (SSSR count). The van der Waals surface area contributed by atoms with Crippen molar-refractivity contribution in [3.05, 3.63) is 65.8 Å². The maximum absolute atomic E-state index is 13.3. The van der Waals surface area contributed by atoms with Gasteiger partial charge in [-0.05, 0) is 24.3 Å². The second-order valence-corrected chi connectivity index (χ2v) is 9.32. The summed E-state index contributed by atoms with van der Waals surface area (Å²) in [7, 11) is -3.84. The highest BCUT2D eigenvalue weighted by molar-refractivity contribution is 7.91. The molecule has 2 heterocycles. The molecule has 7 nitrogen and oxygen atoms in total. The predicted molar refractivity (Wildman–Crippen MR) is 112 cm³/mol. The third-order valence-corrected chi connectivity index (χ3v) is 7.18. The van der Waals surface area contributed by atoms with Gasteiger partial charge in [-0.3, -0.25) is 4.79 Å². The minimum absolute atomic E-state index is 0.0104. The van der Waals surface area contributed by atoms with Crippen molar-refractivity contribution in [3.8, 4) is 11.1 Å². The minimum atomic E-state index is -3.84. The predicted octanol–water partition coefficient (Wildman–Crippen LogP) is 2.80. The number of aromatic nitrogens is 2. The lowest BCUT2D eigenvalue weighted by atomic mass is 10.1. The molecule has 0 saturated heterocycles. The van der Waals surface area contributed by atoms with Crippen molar-refractivity contribution in [2.24, 2.45) is 5.73 Å². The Morgan fingerprint density at radius 3 is 2.52 bits per heavy atom. The molecule has 0 spiro atoms. The first kappa shape index (κ1) is 19.0. The van der Waals surface area contributed by atoms with Gasteiger partial charge in [0.1, 0.15) is 10.8 Å². The summed E-state index contributed by atoms with van der Waals surface area (Å²) in [5.74, 6) is -0.405. The Labute approximate surface area is 171 Å². The van der Waals surface area contributed by atoms with Crippen molar-refractivity contribution in [1.29, 1.82) is 0 Å². The summed E-state index contributed by atoms with van der Waals surface area (Å²) in [5.41, 5.74) is 12.8. The molecule has 0 fully saturated rings. The van der Waals surface area contributed by atoms with Crippen molar-refractivity contribution in [1.82, 2.24) is 9.97 Å². The summed E-state index contributed by atoms with van der Waals surface area (Å²) >= 11 is 1.33. The number of amides is 1. The number of thiazole rings is 1.